The molecule has 29 nitrogen and oxygen atoms in total. The molecule has 16 rings (SSSR count). The largest absolute Gasteiger partial charge is 0.461 e. The van der Waals surface area contributed by atoms with Crippen LogP contribution < -0.4 is 41.7 Å². The van der Waals surface area contributed by atoms with E-state index in [1.807, 2.05) is 20.8 Å². The zero-order valence-electron chi connectivity index (χ0n) is 79.8. The van der Waals surface area contributed by atoms with Gasteiger partial charge in [0.1, 0.15) is 72.5 Å². The number of rotatable bonds is 28. The Morgan fingerprint density at radius 1 is 0.331 bits per heavy atom. The molecule has 4 fully saturated rings. The second kappa shape index (κ2) is 39.9. The number of hydrogen-bond donors (Lipinski definition) is 0. The van der Waals surface area contributed by atoms with E-state index in [0.717, 1.165) is 18.2 Å². The Morgan fingerprint density at radius 3 is 0.892 bits per heavy atom. The monoisotopic (exact) mass is 2010 g/mol. The maximum absolute atomic E-state index is 15.5. The van der Waals surface area contributed by atoms with Crippen molar-refractivity contribution in [2.24, 2.45) is 21.7 Å². The SMILES string of the molecule is CC(F)Oc1cccc(-n2c(=O)n(C(C)C)c3cc(C(=O)CC4(C)CS(=O)(=O)C4)cc(F)c32)c1.CC(F)Oc1cccc(-n2c(=O)n(C(C)C)c3cc(C(=O)C[C@@]4(C)CCS(=O)(=O)C4)cc(F)c32)c1.CC(F)Oc1cccc(-n2c(=O)n(C(C)C)c3cc(C(=O)C[C@]4(C)CCS(=O)(=O)C4)cc(F)c32)c1.CC(F)Oc1cccc(-n2c(=O)n(C(C)C)c3nc(C(=O)CC4(C)CCS(=O)(=O)CC4)ccc32)c1. The van der Waals surface area contributed by atoms with E-state index in [-0.39, 0.29) is 209 Å². The highest BCUT2D eigenvalue weighted by molar-refractivity contribution is 7.93. The van der Waals surface area contributed by atoms with Crippen LogP contribution in [0.5, 0.6) is 23.0 Å². The van der Waals surface area contributed by atoms with Crippen LogP contribution in [0.15, 0.2) is 165 Å². The lowest BCUT2D eigenvalue weighted by Crippen LogP contribution is -2.47. The number of hydrogen-bond acceptors (Lipinski definition) is 21. The van der Waals surface area contributed by atoms with Gasteiger partial charge >= 0.3 is 22.8 Å². The van der Waals surface area contributed by atoms with E-state index in [1.165, 1.54) is 119 Å². The van der Waals surface area contributed by atoms with Crippen molar-refractivity contribution in [3.8, 4) is 45.7 Å². The maximum atomic E-state index is 15.5. The van der Waals surface area contributed by atoms with Gasteiger partial charge in [0.15, 0.2) is 58.3 Å². The van der Waals surface area contributed by atoms with Crippen LogP contribution in [0.1, 0.15) is 228 Å². The number of halogens is 7. The van der Waals surface area contributed by atoms with Gasteiger partial charge in [0.05, 0.1) is 90.8 Å². The second-order valence-electron chi connectivity index (χ2n) is 39.0. The van der Waals surface area contributed by atoms with Gasteiger partial charge < -0.3 is 18.9 Å². The van der Waals surface area contributed by atoms with Crippen LogP contribution in [0.25, 0.3) is 67.0 Å². The van der Waals surface area contributed by atoms with Gasteiger partial charge in [-0.25, -0.2) is 88.6 Å². The van der Waals surface area contributed by atoms with Gasteiger partial charge in [0.25, 0.3) is 0 Å². The van der Waals surface area contributed by atoms with Crippen molar-refractivity contribution in [3.05, 3.63) is 227 Å². The molecule has 0 bridgehead atoms. The van der Waals surface area contributed by atoms with Gasteiger partial charge in [0.2, 0.25) is 25.4 Å². The third-order valence-corrected chi connectivity index (χ3v) is 32.8. The first-order valence-electron chi connectivity index (χ1n) is 45.4. The van der Waals surface area contributed by atoms with Crippen molar-refractivity contribution in [3.63, 3.8) is 0 Å². The molecule has 4 aliphatic heterocycles. The van der Waals surface area contributed by atoms with Crippen molar-refractivity contribution in [2.75, 3.05) is 46.0 Å². The van der Waals surface area contributed by atoms with Crippen LogP contribution in [0, 0.1) is 39.1 Å². The van der Waals surface area contributed by atoms with E-state index >= 15 is 13.2 Å². The minimum Gasteiger partial charge on any atom is -0.461 e. The molecular formula is C99H112F7N9O20S4. The minimum absolute atomic E-state index is 0.0136. The maximum Gasteiger partial charge on any atom is 0.335 e. The quantitative estimate of drug-likeness (QED) is 0.0325. The van der Waals surface area contributed by atoms with Gasteiger partial charge in [-0.05, 0) is 194 Å². The summed E-state index contributed by atoms with van der Waals surface area (Å²) < 4.78 is 225. The Morgan fingerprint density at radius 2 is 0.604 bits per heavy atom. The fraction of sp³-hybridized carbons (Fsp3) is 0.444. The molecule has 6 atom stereocenters. The highest BCUT2D eigenvalue weighted by Gasteiger charge is 2.47. The predicted octanol–water partition coefficient (Wildman–Crippen LogP) is 17.7. The number of pyridine rings is 1. The van der Waals surface area contributed by atoms with E-state index in [4.69, 9.17) is 18.9 Å². The summed E-state index contributed by atoms with van der Waals surface area (Å²) in [6.45, 7) is 26.4. The van der Waals surface area contributed by atoms with E-state index in [2.05, 4.69) is 4.98 Å². The molecule has 0 radical (unpaired) electrons. The van der Waals surface area contributed by atoms with E-state index in [1.54, 1.807) is 135 Å². The van der Waals surface area contributed by atoms with Crippen LogP contribution in [-0.4, -0.2) is 170 Å². The van der Waals surface area contributed by atoms with Crippen LogP contribution in [0.3, 0.4) is 0 Å². The van der Waals surface area contributed by atoms with Crippen molar-refractivity contribution in [1.82, 2.24) is 41.5 Å². The van der Waals surface area contributed by atoms with E-state index < -0.39 is 121 Å². The Labute approximate surface area is 798 Å². The number of sulfone groups is 4. The van der Waals surface area contributed by atoms with E-state index in [9.17, 15) is 89.6 Å². The predicted molar refractivity (Wildman–Crippen MR) is 515 cm³/mol. The fourth-order valence-corrected chi connectivity index (χ4v) is 27.4. The second-order valence-corrected chi connectivity index (χ2v) is 47.7. The van der Waals surface area contributed by atoms with Crippen LogP contribution in [0.2, 0.25) is 0 Å². The first-order chi connectivity index (χ1) is 64.8. The molecule has 12 aromatic rings. The molecule has 0 saturated carbocycles. The third-order valence-electron chi connectivity index (χ3n) is 25.0. The molecule has 139 heavy (non-hydrogen) atoms. The van der Waals surface area contributed by atoms with Crippen molar-refractivity contribution < 1.29 is 103 Å². The molecule has 0 aliphatic carbocycles. The highest BCUT2D eigenvalue weighted by Crippen LogP contribution is 2.43. The molecule has 4 saturated heterocycles. The summed E-state index contributed by atoms with van der Waals surface area (Å²) in [4.78, 5) is 110. The highest BCUT2D eigenvalue weighted by atomic mass is 32.2. The smallest absolute Gasteiger partial charge is 0.335 e. The molecule has 0 spiro atoms. The zero-order chi connectivity index (χ0) is 102. The standard InChI is InChI=1S/2C25H28F2N2O5S.C25H30FN3O5S.C24H26F2N2O5S/c2*1-15(2)28-21-11-17(22(30)13-25(4)8-9-35(32,33)14-25)10-20(27)23(21)29(24(28)31)18-6-5-7-19(12-18)34-16(3)26;1-16(2)28-23-21(29(24(28)31)18-6-5-7-19(14-18)34-17(3)26)9-8-20(27-23)22(30)15-25(4)10-12-35(32,33)13-11-25;1-14(2)27-20-9-16(21(29)11-24(4)12-34(31,32)13-24)8-19(26)22(20)28(23(27)30)17-6-5-7-18(10-17)33-15(3)25/h2*5-7,10-12,15-16H,8-9,13-14H2,1-4H3;5-9,14,16-17H,10-13,15H2,1-4H3;5-10,14-15H,11-13H2,1-4H3/t2*16?,25-;;/m10../s1. The number of imidazole rings is 4. The topological polar surface area (TPSA) is 362 Å². The summed E-state index contributed by atoms with van der Waals surface area (Å²) >= 11 is 0. The average molecular weight is 2010 g/mol. The zero-order valence-corrected chi connectivity index (χ0v) is 83.0. The molecule has 5 aromatic heterocycles. The Balaban J connectivity index is 0.000000156. The van der Waals surface area contributed by atoms with Crippen LogP contribution >= 0.6 is 0 Å². The van der Waals surface area contributed by atoms with Crippen molar-refractivity contribution >= 4 is 107 Å². The summed E-state index contributed by atoms with van der Waals surface area (Å²) in [6.07, 6.45) is -4.51. The summed E-state index contributed by atoms with van der Waals surface area (Å²) in [5, 5.41) is 0. The molecule has 0 amide bonds. The first-order valence-corrected chi connectivity index (χ1v) is 52.7. The number of carbonyl (C=O) groups is 4. The molecule has 40 heteroatoms. The lowest BCUT2D eigenvalue weighted by molar-refractivity contribution is 0.0855. The van der Waals surface area contributed by atoms with Crippen LogP contribution in [0.4, 0.5) is 30.7 Å². The van der Waals surface area contributed by atoms with Crippen molar-refractivity contribution in [2.45, 2.75) is 212 Å². The number of fused-ring (bicyclic) bond motifs is 4. The normalized spacial score (nSPS) is 19.1. The lowest BCUT2D eigenvalue weighted by atomic mass is 9.79. The van der Waals surface area contributed by atoms with Gasteiger partial charge in [0, 0.05) is 124 Å². The number of aromatic nitrogens is 9. The lowest BCUT2D eigenvalue weighted by Gasteiger charge is -2.37. The fourth-order valence-electron chi connectivity index (χ4n) is 18.8. The van der Waals surface area contributed by atoms with Crippen LogP contribution in [-0.2, 0) is 39.3 Å². The van der Waals surface area contributed by atoms with Crippen molar-refractivity contribution in [1.29, 1.82) is 0 Å². The van der Waals surface area contributed by atoms with Gasteiger partial charge in [-0.3, -0.25) is 55.7 Å². The Bertz CT molecular complexity index is 7370. The number of ketones is 4. The number of Topliss-reactive ketones (excluding diaryl/α,β-unsaturated/α-hetero) is 4. The Kier molecular flexibility index (Phi) is 30.0. The molecule has 9 heterocycles. The number of ether oxygens (including phenoxy) is 4. The number of alkyl halides is 4. The summed E-state index contributed by atoms with van der Waals surface area (Å²) in [7, 11) is -12.6. The molecule has 4 aliphatic rings. The average Bonchev–Trinajstić information content (AvgIpc) is 1.60. The molecule has 7 aromatic carbocycles. The van der Waals surface area contributed by atoms with E-state index in [0.29, 0.717) is 53.9 Å². The molecule has 746 valence electrons. The summed E-state index contributed by atoms with van der Waals surface area (Å²) in [5.74, 6) is -2.90. The van der Waals surface area contributed by atoms with Gasteiger partial charge in [-0.15, -0.1) is 0 Å². The summed E-state index contributed by atoms with van der Waals surface area (Å²) in [6, 6.07) is 34.7. The number of nitrogens with zero attached hydrogens (tertiary/aromatic N) is 9. The number of benzene rings is 7. The summed E-state index contributed by atoms with van der Waals surface area (Å²) in [5.41, 5.74) is -0.993. The third kappa shape index (κ3) is 23.2. The minimum atomic E-state index is -3.20. The Hall–Kier alpha value is -12.0. The first kappa shape index (κ1) is 104. The van der Waals surface area contributed by atoms with Gasteiger partial charge in [-0.2, -0.15) is 0 Å². The molecular weight excluding hydrogens is 1900 g/mol. The number of carbonyl (C=O) groups excluding carboxylic acids is 4. The molecule has 0 N–H and O–H groups in total. The van der Waals surface area contributed by atoms with Gasteiger partial charge in [-0.1, -0.05) is 52.0 Å². The molecule has 4 unspecified atom stereocenters.